The van der Waals surface area contributed by atoms with Crippen molar-refractivity contribution in [1.82, 2.24) is 0 Å². The molecule has 0 rings (SSSR count). The van der Waals surface area contributed by atoms with Crippen molar-refractivity contribution in [1.29, 1.82) is 0 Å². The molecule has 0 heterocycles. The second-order valence-corrected chi connectivity index (χ2v) is 3.34. The van der Waals surface area contributed by atoms with Gasteiger partial charge in [0.2, 0.25) is 6.29 Å². The van der Waals surface area contributed by atoms with Crippen LogP contribution >= 0.6 is 0 Å². The molecule has 0 aliphatic carbocycles. The predicted molar refractivity (Wildman–Crippen MR) is 47.9 cm³/mol. The van der Waals surface area contributed by atoms with Gasteiger partial charge in [0.15, 0.2) is 0 Å². The van der Waals surface area contributed by atoms with E-state index < -0.39 is 18.4 Å². The number of hydrogen-bond acceptors (Lipinski definition) is 4. The van der Waals surface area contributed by atoms with E-state index >= 15 is 0 Å². The SMILES string of the molecule is CCC(O)CC(O)OC(=O)C(C)C. The van der Waals surface area contributed by atoms with E-state index in [-0.39, 0.29) is 12.3 Å². The summed E-state index contributed by atoms with van der Waals surface area (Å²) in [6.45, 7) is 5.16. The molecule has 4 nitrogen and oxygen atoms in total. The highest BCUT2D eigenvalue weighted by molar-refractivity contribution is 5.71. The molecular weight excluding hydrogens is 172 g/mol. The largest absolute Gasteiger partial charge is 0.436 e. The fourth-order valence-corrected chi connectivity index (χ4v) is 0.718. The molecule has 0 aromatic carbocycles. The summed E-state index contributed by atoms with van der Waals surface area (Å²) < 4.78 is 4.64. The van der Waals surface area contributed by atoms with Gasteiger partial charge in [-0.1, -0.05) is 20.8 Å². The lowest BCUT2D eigenvalue weighted by Crippen LogP contribution is -2.25. The minimum atomic E-state index is -1.19. The Balaban J connectivity index is 3.74. The van der Waals surface area contributed by atoms with E-state index in [1.165, 1.54) is 0 Å². The molecule has 0 bridgehead atoms. The number of rotatable bonds is 5. The van der Waals surface area contributed by atoms with Gasteiger partial charge in [-0.3, -0.25) is 4.79 Å². The van der Waals surface area contributed by atoms with Gasteiger partial charge in [-0.2, -0.15) is 0 Å². The summed E-state index contributed by atoms with van der Waals surface area (Å²) in [4.78, 5) is 11.0. The fourth-order valence-electron chi connectivity index (χ4n) is 0.718. The Morgan fingerprint density at radius 2 is 1.92 bits per heavy atom. The molecule has 2 N–H and O–H groups in total. The lowest BCUT2D eigenvalue weighted by molar-refractivity contribution is -0.175. The van der Waals surface area contributed by atoms with Crippen LogP contribution in [0.4, 0.5) is 0 Å². The molecule has 0 amide bonds. The van der Waals surface area contributed by atoms with Crippen molar-refractivity contribution in [3.8, 4) is 0 Å². The average Bonchev–Trinajstić information content (AvgIpc) is 2.03. The Morgan fingerprint density at radius 3 is 2.31 bits per heavy atom. The van der Waals surface area contributed by atoms with Crippen LogP contribution in [-0.4, -0.2) is 28.6 Å². The van der Waals surface area contributed by atoms with Gasteiger partial charge in [0.05, 0.1) is 12.0 Å². The lowest BCUT2D eigenvalue weighted by Gasteiger charge is -2.15. The standard InChI is InChI=1S/C9H18O4/c1-4-7(10)5-8(11)13-9(12)6(2)3/h6-8,10-11H,4-5H2,1-3H3. The zero-order valence-corrected chi connectivity index (χ0v) is 8.36. The van der Waals surface area contributed by atoms with E-state index in [0.29, 0.717) is 6.42 Å². The van der Waals surface area contributed by atoms with Crippen molar-refractivity contribution >= 4 is 5.97 Å². The van der Waals surface area contributed by atoms with Gasteiger partial charge in [-0.25, -0.2) is 0 Å². The van der Waals surface area contributed by atoms with Gasteiger partial charge >= 0.3 is 5.97 Å². The molecule has 0 spiro atoms. The van der Waals surface area contributed by atoms with Crippen molar-refractivity contribution in [2.75, 3.05) is 0 Å². The zero-order valence-electron chi connectivity index (χ0n) is 8.36. The number of esters is 1. The van der Waals surface area contributed by atoms with Crippen LogP contribution in [0.2, 0.25) is 0 Å². The monoisotopic (exact) mass is 190 g/mol. The first-order chi connectivity index (χ1) is 5.97. The maximum Gasteiger partial charge on any atom is 0.310 e. The van der Waals surface area contributed by atoms with Gasteiger partial charge in [0.1, 0.15) is 0 Å². The summed E-state index contributed by atoms with van der Waals surface area (Å²) in [5.74, 6) is -0.704. The number of ether oxygens (including phenoxy) is 1. The van der Waals surface area contributed by atoms with Gasteiger partial charge in [-0.05, 0) is 6.42 Å². The highest BCUT2D eigenvalue weighted by Gasteiger charge is 2.16. The fraction of sp³-hybridized carbons (Fsp3) is 0.889. The molecule has 4 heteroatoms. The maximum atomic E-state index is 11.0. The number of hydrogen-bond donors (Lipinski definition) is 2. The number of carbonyl (C=O) groups excluding carboxylic acids is 1. The average molecular weight is 190 g/mol. The number of aliphatic hydroxyl groups is 2. The van der Waals surface area contributed by atoms with Gasteiger partial charge < -0.3 is 14.9 Å². The van der Waals surface area contributed by atoms with Crippen LogP contribution in [0.15, 0.2) is 0 Å². The van der Waals surface area contributed by atoms with E-state index in [2.05, 4.69) is 4.74 Å². The number of carbonyl (C=O) groups is 1. The third-order valence-electron chi connectivity index (χ3n) is 1.67. The van der Waals surface area contributed by atoms with Crippen LogP contribution in [-0.2, 0) is 9.53 Å². The van der Waals surface area contributed by atoms with E-state index in [4.69, 9.17) is 10.2 Å². The smallest absolute Gasteiger partial charge is 0.310 e. The third kappa shape index (κ3) is 5.60. The summed E-state index contributed by atoms with van der Waals surface area (Å²) in [5, 5.41) is 18.3. The molecule has 13 heavy (non-hydrogen) atoms. The first kappa shape index (κ1) is 12.4. The van der Waals surface area contributed by atoms with Gasteiger partial charge in [-0.15, -0.1) is 0 Å². The van der Waals surface area contributed by atoms with Crippen molar-refractivity contribution in [3.63, 3.8) is 0 Å². The molecule has 0 aliphatic heterocycles. The normalized spacial score (nSPS) is 15.5. The molecule has 78 valence electrons. The lowest BCUT2D eigenvalue weighted by atomic mass is 10.2. The first-order valence-corrected chi connectivity index (χ1v) is 4.54. The van der Waals surface area contributed by atoms with Crippen molar-refractivity contribution in [3.05, 3.63) is 0 Å². The minimum absolute atomic E-state index is 0.0783. The summed E-state index contributed by atoms with van der Waals surface area (Å²) in [7, 11) is 0. The van der Waals surface area contributed by atoms with Gasteiger partial charge in [0.25, 0.3) is 0 Å². The third-order valence-corrected chi connectivity index (χ3v) is 1.67. The van der Waals surface area contributed by atoms with Crippen LogP contribution < -0.4 is 0 Å². The Morgan fingerprint density at radius 1 is 1.38 bits per heavy atom. The molecular formula is C9H18O4. The second kappa shape index (κ2) is 5.94. The predicted octanol–water partition coefficient (Wildman–Crippen LogP) is 0.665. The Kier molecular flexibility index (Phi) is 5.66. The van der Waals surface area contributed by atoms with E-state index in [9.17, 15) is 4.79 Å². The van der Waals surface area contributed by atoms with E-state index in [1.54, 1.807) is 20.8 Å². The van der Waals surface area contributed by atoms with Crippen LogP contribution in [0.3, 0.4) is 0 Å². The Bertz CT molecular complexity index is 156. The first-order valence-electron chi connectivity index (χ1n) is 4.54. The van der Waals surface area contributed by atoms with Crippen LogP contribution in [0.1, 0.15) is 33.6 Å². The molecule has 0 saturated heterocycles. The van der Waals surface area contributed by atoms with Crippen LogP contribution in [0.5, 0.6) is 0 Å². The molecule has 0 radical (unpaired) electrons. The van der Waals surface area contributed by atoms with Crippen molar-refractivity contribution in [2.45, 2.75) is 46.0 Å². The second-order valence-electron chi connectivity index (χ2n) is 3.34. The quantitative estimate of drug-likeness (QED) is 0.494. The van der Waals surface area contributed by atoms with E-state index in [0.717, 1.165) is 0 Å². The van der Waals surface area contributed by atoms with Crippen molar-refractivity contribution in [2.24, 2.45) is 5.92 Å². The molecule has 0 aliphatic rings. The molecule has 0 fully saturated rings. The highest BCUT2D eigenvalue weighted by Crippen LogP contribution is 2.06. The summed E-state index contributed by atoms with van der Waals surface area (Å²) in [6, 6.07) is 0. The zero-order chi connectivity index (χ0) is 10.4. The highest BCUT2D eigenvalue weighted by atomic mass is 16.6. The van der Waals surface area contributed by atoms with E-state index in [1.807, 2.05) is 0 Å². The Hall–Kier alpha value is -0.610. The minimum Gasteiger partial charge on any atom is -0.436 e. The Labute approximate surface area is 78.5 Å². The molecule has 0 aromatic rings. The topological polar surface area (TPSA) is 66.8 Å². The maximum absolute atomic E-state index is 11.0. The number of aliphatic hydroxyl groups excluding tert-OH is 2. The molecule has 2 unspecified atom stereocenters. The summed E-state index contributed by atoms with van der Waals surface area (Å²) in [6.07, 6.45) is -1.19. The summed E-state index contributed by atoms with van der Waals surface area (Å²) in [5.41, 5.74) is 0. The molecule has 2 atom stereocenters. The summed E-state index contributed by atoms with van der Waals surface area (Å²) >= 11 is 0. The molecule has 0 saturated carbocycles. The van der Waals surface area contributed by atoms with Crippen LogP contribution in [0, 0.1) is 5.92 Å². The molecule has 0 aromatic heterocycles. The van der Waals surface area contributed by atoms with Crippen molar-refractivity contribution < 1.29 is 19.7 Å². The van der Waals surface area contributed by atoms with Gasteiger partial charge in [0, 0.05) is 6.42 Å². The van der Waals surface area contributed by atoms with Crippen LogP contribution in [0.25, 0.3) is 0 Å².